The molecule has 200 valence electrons. The van der Waals surface area contributed by atoms with Crippen molar-refractivity contribution in [1.82, 2.24) is 29.6 Å². The molecule has 0 unspecified atom stereocenters. The van der Waals surface area contributed by atoms with Crippen molar-refractivity contribution in [3.05, 3.63) is 88.1 Å². The molecule has 1 saturated carbocycles. The average molecular weight is 558 g/mol. The highest BCUT2D eigenvalue weighted by atomic mass is 35.5. The van der Waals surface area contributed by atoms with Crippen molar-refractivity contribution in [2.75, 3.05) is 5.73 Å². The molecule has 4 heterocycles. The zero-order valence-corrected chi connectivity index (χ0v) is 22.0. The fourth-order valence-electron chi connectivity index (χ4n) is 4.65. The standard InChI is InChI=1S/C29H22ClF2N7O/c1-38-26-21-11-20(23(30)12-24(21)37-28(33)22(26)14-36-38)29(40)39(19-8-9-19)15-18-7-5-16(13-35-18)4-6-17-3-2-10-34-25(17)27(31)32/h2-3,5,7,10-14,19,27H,8-9,15H2,1H3,(H2,33,37). The van der Waals surface area contributed by atoms with Gasteiger partial charge >= 0.3 is 0 Å². The molecule has 0 radical (unpaired) electrons. The molecule has 1 fully saturated rings. The number of aryl methyl sites for hydroxylation is 1. The number of aromatic nitrogens is 5. The van der Waals surface area contributed by atoms with Gasteiger partial charge in [0, 0.05) is 36.4 Å². The van der Waals surface area contributed by atoms with Crippen molar-refractivity contribution >= 4 is 45.1 Å². The second-order valence-corrected chi connectivity index (χ2v) is 9.97. The molecule has 1 aliphatic rings. The van der Waals surface area contributed by atoms with Gasteiger partial charge in [-0.3, -0.25) is 19.4 Å². The number of halogens is 3. The van der Waals surface area contributed by atoms with E-state index in [9.17, 15) is 13.6 Å². The fourth-order valence-corrected chi connectivity index (χ4v) is 4.89. The van der Waals surface area contributed by atoms with Crippen LogP contribution in [-0.4, -0.2) is 41.6 Å². The first-order chi connectivity index (χ1) is 19.3. The van der Waals surface area contributed by atoms with Crippen LogP contribution in [0.2, 0.25) is 5.02 Å². The Labute approximate surface area is 232 Å². The van der Waals surface area contributed by atoms with Gasteiger partial charge in [0.2, 0.25) is 0 Å². The minimum atomic E-state index is -2.71. The SMILES string of the molecule is Cn1ncc2c(N)nc3cc(Cl)c(C(=O)N(Cc4ccc(C#Cc5cccnc5C(F)F)cn4)C4CC4)cc3c21. The average Bonchev–Trinajstić information content (AvgIpc) is 3.71. The van der Waals surface area contributed by atoms with Crippen LogP contribution in [-0.2, 0) is 13.6 Å². The number of anilines is 1. The van der Waals surface area contributed by atoms with Crippen LogP contribution in [0.15, 0.2) is 55.0 Å². The first kappa shape index (κ1) is 25.6. The summed E-state index contributed by atoms with van der Waals surface area (Å²) in [5.74, 6) is 5.75. The lowest BCUT2D eigenvalue weighted by atomic mass is 10.1. The molecule has 6 rings (SSSR count). The molecule has 8 nitrogen and oxygen atoms in total. The second-order valence-electron chi connectivity index (χ2n) is 9.57. The molecule has 5 aromatic rings. The summed E-state index contributed by atoms with van der Waals surface area (Å²) in [5.41, 5.74) is 8.87. The number of nitrogen functional groups attached to an aromatic ring is 1. The number of fused-ring (bicyclic) bond motifs is 3. The van der Waals surface area contributed by atoms with Crippen molar-refractivity contribution in [2.45, 2.75) is 31.9 Å². The van der Waals surface area contributed by atoms with Gasteiger partial charge < -0.3 is 10.6 Å². The van der Waals surface area contributed by atoms with Crippen LogP contribution in [0.3, 0.4) is 0 Å². The zero-order chi connectivity index (χ0) is 28.0. The van der Waals surface area contributed by atoms with Crippen molar-refractivity contribution in [3.63, 3.8) is 0 Å². The number of rotatable bonds is 5. The number of amides is 1. The Morgan fingerprint density at radius 2 is 2.00 bits per heavy atom. The van der Waals surface area contributed by atoms with E-state index in [-0.39, 0.29) is 34.8 Å². The maximum atomic E-state index is 13.8. The minimum Gasteiger partial charge on any atom is -0.383 e. The number of nitrogens with two attached hydrogens (primary N) is 1. The van der Waals surface area contributed by atoms with E-state index in [2.05, 4.69) is 31.9 Å². The van der Waals surface area contributed by atoms with E-state index in [1.54, 1.807) is 52.3 Å². The molecule has 1 amide bonds. The van der Waals surface area contributed by atoms with E-state index >= 15 is 0 Å². The fraction of sp³-hybridized carbons (Fsp3) is 0.207. The largest absolute Gasteiger partial charge is 0.383 e. The summed E-state index contributed by atoms with van der Waals surface area (Å²) in [6.45, 7) is 0.283. The summed E-state index contributed by atoms with van der Waals surface area (Å²) in [6.07, 6.45) is 3.60. The lowest BCUT2D eigenvalue weighted by Gasteiger charge is -2.23. The van der Waals surface area contributed by atoms with Crippen molar-refractivity contribution < 1.29 is 13.6 Å². The van der Waals surface area contributed by atoms with Gasteiger partial charge in [-0.05, 0) is 49.2 Å². The second kappa shape index (κ2) is 10.2. The first-order valence-electron chi connectivity index (χ1n) is 12.5. The third kappa shape index (κ3) is 4.80. The van der Waals surface area contributed by atoms with Crippen molar-refractivity contribution in [3.8, 4) is 11.8 Å². The highest BCUT2D eigenvalue weighted by molar-refractivity contribution is 6.35. The lowest BCUT2D eigenvalue weighted by Crippen LogP contribution is -2.33. The Morgan fingerprint density at radius 3 is 2.73 bits per heavy atom. The third-order valence-corrected chi connectivity index (χ3v) is 7.13. The number of carbonyl (C=O) groups is 1. The van der Waals surface area contributed by atoms with Gasteiger partial charge in [-0.1, -0.05) is 23.4 Å². The van der Waals surface area contributed by atoms with Crippen molar-refractivity contribution in [1.29, 1.82) is 0 Å². The highest BCUT2D eigenvalue weighted by Gasteiger charge is 2.34. The molecule has 0 aliphatic heterocycles. The highest BCUT2D eigenvalue weighted by Crippen LogP contribution is 2.35. The molecule has 0 atom stereocenters. The summed E-state index contributed by atoms with van der Waals surface area (Å²) < 4.78 is 28.1. The molecule has 4 aromatic heterocycles. The van der Waals surface area contributed by atoms with Crippen LogP contribution in [0.4, 0.5) is 14.6 Å². The van der Waals surface area contributed by atoms with Crippen LogP contribution in [0.5, 0.6) is 0 Å². The predicted octanol–water partition coefficient (Wildman–Crippen LogP) is 5.29. The van der Waals surface area contributed by atoms with Crippen LogP contribution < -0.4 is 5.73 Å². The summed E-state index contributed by atoms with van der Waals surface area (Å²) in [4.78, 5) is 28.2. The Hall–Kier alpha value is -4.62. The number of carbonyl (C=O) groups excluding carboxylic acids is 1. The molecule has 0 spiro atoms. The molecular weight excluding hydrogens is 536 g/mol. The first-order valence-corrected chi connectivity index (χ1v) is 12.9. The Balaban J connectivity index is 1.27. The molecule has 2 N–H and O–H groups in total. The number of alkyl halides is 2. The lowest BCUT2D eigenvalue weighted by molar-refractivity contribution is 0.0728. The topological polar surface area (TPSA) is 103 Å². The van der Waals surface area contributed by atoms with Gasteiger partial charge in [0.25, 0.3) is 12.3 Å². The molecule has 40 heavy (non-hydrogen) atoms. The van der Waals surface area contributed by atoms with Gasteiger partial charge in [0.1, 0.15) is 11.5 Å². The van der Waals surface area contributed by atoms with E-state index in [1.165, 1.54) is 12.3 Å². The van der Waals surface area contributed by atoms with Gasteiger partial charge in [-0.15, -0.1) is 0 Å². The Kier molecular flexibility index (Phi) is 6.52. The number of hydrogen-bond donors (Lipinski definition) is 1. The summed E-state index contributed by atoms with van der Waals surface area (Å²) in [5, 5.41) is 6.02. The summed E-state index contributed by atoms with van der Waals surface area (Å²) in [6, 6.07) is 10.1. The van der Waals surface area contributed by atoms with Crippen LogP contribution in [0, 0.1) is 11.8 Å². The van der Waals surface area contributed by atoms with E-state index < -0.39 is 6.43 Å². The number of benzene rings is 1. The molecule has 11 heteroatoms. The maximum Gasteiger partial charge on any atom is 0.281 e. The maximum absolute atomic E-state index is 13.8. The van der Waals surface area contributed by atoms with Crippen molar-refractivity contribution in [2.24, 2.45) is 7.05 Å². The van der Waals surface area contributed by atoms with Gasteiger partial charge in [-0.25, -0.2) is 13.8 Å². The number of nitrogens with zero attached hydrogens (tertiary/aromatic N) is 6. The summed E-state index contributed by atoms with van der Waals surface area (Å²) in [7, 11) is 1.81. The smallest absolute Gasteiger partial charge is 0.281 e. The predicted molar refractivity (Wildman–Crippen MR) is 148 cm³/mol. The quantitative estimate of drug-likeness (QED) is 0.295. The van der Waals surface area contributed by atoms with E-state index in [0.717, 1.165) is 23.7 Å². The molecule has 1 aliphatic carbocycles. The Morgan fingerprint density at radius 1 is 1.18 bits per heavy atom. The normalized spacial score (nSPS) is 13.0. The Bertz CT molecular complexity index is 1840. The van der Waals surface area contributed by atoms with Crippen LogP contribution in [0.1, 0.15) is 52.1 Å². The third-order valence-electron chi connectivity index (χ3n) is 6.82. The summed E-state index contributed by atoms with van der Waals surface area (Å²) >= 11 is 6.59. The van der Waals surface area contributed by atoms with Gasteiger partial charge in [0.15, 0.2) is 0 Å². The minimum absolute atomic E-state index is 0.0835. The monoisotopic (exact) mass is 557 g/mol. The van der Waals surface area contributed by atoms with E-state index in [4.69, 9.17) is 17.3 Å². The van der Waals surface area contributed by atoms with Gasteiger partial charge in [0.05, 0.1) is 51.0 Å². The molecule has 0 bridgehead atoms. The zero-order valence-electron chi connectivity index (χ0n) is 21.3. The number of pyridine rings is 3. The van der Waals surface area contributed by atoms with E-state index in [0.29, 0.717) is 33.5 Å². The van der Waals surface area contributed by atoms with Gasteiger partial charge in [-0.2, -0.15) is 5.10 Å². The molecule has 1 aromatic carbocycles. The van der Waals surface area contributed by atoms with Crippen LogP contribution in [0.25, 0.3) is 21.8 Å². The molecular formula is C29H22ClF2N7O. The van der Waals surface area contributed by atoms with Crippen LogP contribution >= 0.6 is 11.6 Å². The molecule has 0 saturated heterocycles. The number of hydrogen-bond acceptors (Lipinski definition) is 6. The van der Waals surface area contributed by atoms with E-state index in [1.807, 2.05) is 7.05 Å².